The lowest BCUT2D eigenvalue weighted by atomic mass is 10.1. The molecule has 1 saturated heterocycles. The van der Waals surface area contributed by atoms with E-state index in [1.165, 1.54) is 6.92 Å². The molecule has 1 fully saturated rings. The number of aromatic nitrogens is 4. The van der Waals surface area contributed by atoms with E-state index in [9.17, 15) is 14.0 Å². The Kier molecular flexibility index (Phi) is 5.48. The summed E-state index contributed by atoms with van der Waals surface area (Å²) in [7, 11) is 0. The van der Waals surface area contributed by atoms with Crippen molar-refractivity contribution in [1.29, 1.82) is 0 Å². The summed E-state index contributed by atoms with van der Waals surface area (Å²) in [6, 6.07) is 5.62. The number of nitrogens with one attached hydrogen (secondary N) is 2. The van der Waals surface area contributed by atoms with Crippen LogP contribution in [0.5, 0.6) is 0 Å². The van der Waals surface area contributed by atoms with Crippen molar-refractivity contribution in [2.45, 2.75) is 39.0 Å². The summed E-state index contributed by atoms with van der Waals surface area (Å²) in [5.41, 5.74) is 0.850. The second-order valence-electron chi connectivity index (χ2n) is 7.35. The summed E-state index contributed by atoms with van der Waals surface area (Å²) in [6.45, 7) is 4.65. The zero-order chi connectivity index (χ0) is 22.3. The Labute approximate surface area is 181 Å². The Bertz CT molecular complexity index is 1220. The molecule has 0 spiro atoms. The fraction of sp³-hybridized carbons (Fsp3) is 0.350. The minimum absolute atomic E-state index is 0.0154. The predicted molar refractivity (Wildman–Crippen MR) is 114 cm³/mol. The van der Waals surface area contributed by atoms with Crippen LogP contribution in [0, 0.1) is 6.92 Å². The van der Waals surface area contributed by atoms with Gasteiger partial charge in [0, 0.05) is 21.5 Å². The van der Waals surface area contributed by atoms with Gasteiger partial charge in [0.1, 0.15) is 24.6 Å². The molecule has 0 aliphatic carbocycles. The van der Waals surface area contributed by atoms with Gasteiger partial charge in [-0.15, -0.1) is 0 Å². The molecular formula is C20H20ClFN6O3. The maximum absolute atomic E-state index is 13.9. The number of aryl methyl sites for hydroxylation is 1. The van der Waals surface area contributed by atoms with Gasteiger partial charge < -0.3 is 15.0 Å². The van der Waals surface area contributed by atoms with Crippen molar-refractivity contribution < 1.29 is 13.9 Å². The third kappa shape index (κ3) is 4.15. The van der Waals surface area contributed by atoms with Gasteiger partial charge in [-0.25, -0.2) is 14.1 Å². The molecule has 2 unspecified atom stereocenters. The molecule has 11 heteroatoms. The molecule has 3 aromatic rings. The van der Waals surface area contributed by atoms with Gasteiger partial charge in [0.2, 0.25) is 11.9 Å². The molecule has 1 aliphatic heterocycles. The van der Waals surface area contributed by atoms with E-state index < -0.39 is 24.3 Å². The maximum Gasteiger partial charge on any atom is 0.417 e. The van der Waals surface area contributed by atoms with E-state index in [2.05, 4.69) is 25.3 Å². The largest absolute Gasteiger partial charge is 0.447 e. The zero-order valence-electron chi connectivity index (χ0n) is 17.0. The summed E-state index contributed by atoms with van der Waals surface area (Å²) < 4.78 is 18.9. The first-order valence-corrected chi connectivity index (χ1v) is 10.0. The van der Waals surface area contributed by atoms with Gasteiger partial charge in [-0.3, -0.25) is 4.79 Å². The van der Waals surface area contributed by atoms with Gasteiger partial charge in [0.25, 0.3) is 5.56 Å². The highest BCUT2D eigenvalue weighted by molar-refractivity contribution is 6.31. The van der Waals surface area contributed by atoms with Crippen LogP contribution in [0.1, 0.15) is 31.3 Å². The van der Waals surface area contributed by atoms with Gasteiger partial charge in [0.05, 0.1) is 6.04 Å². The van der Waals surface area contributed by atoms with E-state index in [4.69, 9.17) is 16.3 Å². The number of carbonyl (C=O) groups excluding carboxylic acids is 1. The summed E-state index contributed by atoms with van der Waals surface area (Å²) in [6.07, 6.45) is -2.05. The second-order valence-corrected chi connectivity index (χ2v) is 7.79. The number of hydrogen-bond donors (Lipinski definition) is 2. The molecule has 2 N–H and O–H groups in total. The van der Waals surface area contributed by atoms with Crippen LogP contribution in [0.2, 0.25) is 5.02 Å². The molecule has 3 heterocycles. The number of fused-ring (bicyclic) bond motifs is 1. The van der Waals surface area contributed by atoms with Gasteiger partial charge >= 0.3 is 6.09 Å². The molecule has 2 aromatic heterocycles. The average molecular weight is 447 g/mol. The third-order valence-electron chi connectivity index (χ3n) is 5.03. The number of hydrogen-bond acceptors (Lipinski definition) is 7. The fourth-order valence-corrected chi connectivity index (χ4v) is 3.61. The monoisotopic (exact) mass is 446 g/mol. The van der Waals surface area contributed by atoms with Crippen molar-refractivity contribution in [3.63, 3.8) is 0 Å². The molecule has 31 heavy (non-hydrogen) atoms. The Morgan fingerprint density at radius 2 is 2.03 bits per heavy atom. The SMILES string of the molecule is Cc1nc(N[C@@H](C)c2cc3cc(Cl)ccc3[nH]c2=O)nc(N2C(=O)OCC2C(C)F)n1. The van der Waals surface area contributed by atoms with Crippen LogP contribution in [0.15, 0.2) is 29.1 Å². The van der Waals surface area contributed by atoms with Crippen LogP contribution in [-0.2, 0) is 4.74 Å². The van der Waals surface area contributed by atoms with E-state index in [0.717, 1.165) is 10.3 Å². The highest BCUT2D eigenvalue weighted by atomic mass is 35.5. The lowest BCUT2D eigenvalue weighted by Crippen LogP contribution is -2.40. The average Bonchev–Trinajstić information content (AvgIpc) is 3.09. The van der Waals surface area contributed by atoms with E-state index in [0.29, 0.717) is 21.9 Å². The van der Waals surface area contributed by atoms with Crippen molar-refractivity contribution in [3.05, 3.63) is 51.0 Å². The quantitative estimate of drug-likeness (QED) is 0.616. The van der Waals surface area contributed by atoms with Crippen LogP contribution < -0.4 is 15.8 Å². The van der Waals surface area contributed by atoms with Gasteiger partial charge in [-0.1, -0.05) is 11.6 Å². The smallest absolute Gasteiger partial charge is 0.417 e. The van der Waals surface area contributed by atoms with Crippen molar-refractivity contribution in [2.24, 2.45) is 0 Å². The number of aromatic amines is 1. The topological polar surface area (TPSA) is 113 Å². The van der Waals surface area contributed by atoms with Crippen LogP contribution in [0.3, 0.4) is 0 Å². The molecule has 1 amide bonds. The molecule has 162 valence electrons. The number of H-pyrrole nitrogens is 1. The van der Waals surface area contributed by atoms with E-state index >= 15 is 0 Å². The van der Waals surface area contributed by atoms with E-state index in [1.54, 1.807) is 38.1 Å². The van der Waals surface area contributed by atoms with Crippen LogP contribution >= 0.6 is 11.6 Å². The number of benzene rings is 1. The van der Waals surface area contributed by atoms with Crippen LogP contribution in [0.25, 0.3) is 10.9 Å². The van der Waals surface area contributed by atoms with Gasteiger partial charge in [-0.05, 0) is 45.0 Å². The minimum atomic E-state index is -1.33. The van der Waals surface area contributed by atoms with Gasteiger partial charge in [0.15, 0.2) is 0 Å². The molecule has 0 radical (unpaired) electrons. The van der Waals surface area contributed by atoms with E-state index in [-0.39, 0.29) is 24.1 Å². The normalized spacial score (nSPS) is 18.2. The van der Waals surface area contributed by atoms with Gasteiger partial charge in [-0.2, -0.15) is 15.0 Å². The number of carbonyl (C=O) groups is 1. The molecule has 1 aliphatic rings. The first kappa shape index (κ1) is 21.0. The Balaban J connectivity index is 1.65. The number of pyridine rings is 1. The Hall–Kier alpha value is -3.27. The second kappa shape index (κ2) is 8.10. The summed E-state index contributed by atoms with van der Waals surface area (Å²) >= 11 is 6.06. The first-order valence-electron chi connectivity index (χ1n) is 9.64. The summed E-state index contributed by atoms with van der Waals surface area (Å²) in [5.74, 6) is 0.452. The number of alkyl halides is 1. The fourth-order valence-electron chi connectivity index (χ4n) is 3.43. The summed E-state index contributed by atoms with van der Waals surface area (Å²) in [5, 5.41) is 4.39. The number of anilines is 2. The first-order chi connectivity index (χ1) is 14.7. The highest BCUT2D eigenvalue weighted by Crippen LogP contribution is 2.25. The lowest BCUT2D eigenvalue weighted by Gasteiger charge is -2.21. The number of cyclic esters (lactones) is 1. The van der Waals surface area contributed by atoms with E-state index in [1.807, 2.05) is 0 Å². The van der Waals surface area contributed by atoms with Crippen LogP contribution in [0.4, 0.5) is 21.1 Å². The number of halogens is 2. The number of rotatable bonds is 5. The van der Waals surface area contributed by atoms with Crippen molar-refractivity contribution in [3.8, 4) is 0 Å². The molecule has 1 aromatic carbocycles. The predicted octanol–water partition coefficient (Wildman–Crippen LogP) is 3.53. The lowest BCUT2D eigenvalue weighted by molar-refractivity contribution is 0.174. The Morgan fingerprint density at radius 3 is 2.77 bits per heavy atom. The zero-order valence-corrected chi connectivity index (χ0v) is 17.8. The number of amides is 1. The highest BCUT2D eigenvalue weighted by Gasteiger charge is 2.40. The van der Waals surface area contributed by atoms with Crippen molar-refractivity contribution >= 4 is 40.5 Å². The number of ether oxygens (including phenoxy) is 1. The standard InChI is InChI=1S/C20H20ClFN6O3/c1-9(22)16-8-31-20(30)28(16)19-25-11(3)24-18(27-19)23-10(2)14-7-12-6-13(21)4-5-15(12)26-17(14)29/h4-7,9-10,16H,8H2,1-3H3,(H,26,29)(H,23,24,25,27)/t9?,10-,16?/m0/s1. The molecule has 9 nitrogen and oxygen atoms in total. The number of nitrogens with zero attached hydrogens (tertiary/aromatic N) is 4. The van der Waals surface area contributed by atoms with Crippen LogP contribution in [-0.4, -0.2) is 44.8 Å². The molecule has 4 rings (SSSR count). The minimum Gasteiger partial charge on any atom is -0.447 e. The molecular weight excluding hydrogens is 427 g/mol. The maximum atomic E-state index is 13.9. The Morgan fingerprint density at radius 1 is 1.26 bits per heavy atom. The van der Waals surface area contributed by atoms with Crippen molar-refractivity contribution in [2.75, 3.05) is 16.8 Å². The molecule has 0 saturated carbocycles. The van der Waals surface area contributed by atoms with Crippen molar-refractivity contribution in [1.82, 2.24) is 19.9 Å². The third-order valence-corrected chi connectivity index (χ3v) is 5.27. The molecule has 0 bridgehead atoms. The molecule has 3 atom stereocenters. The summed E-state index contributed by atoms with van der Waals surface area (Å²) in [4.78, 5) is 41.2.